The molecule has 0 aliphatic carbocycles. The van der Waals surface area contributed by atoms with Crippen molar-refractivity contribution in [1.29, 1.82) is 0 Å². The largest absolute Gasteiger partial charge is 0.457 e. The molecule has 0 radical (unpaired) electrons. The zero-order valence-electron chi connectivity index (χ0n) is 24.8. The first kappa shape index (κ1) is 28.8. The fourth-order valence-corrected chi connectivity index (χ4v) is 7.67. The van der Waals surface area contributed by atoms with Crippen LogP contribution in [0.2, 0.25) is 0 Å². The van der Waals surface area contributed by atoms with Gasteiger partial charge in [-0.1, -0.05) is 72.1 Å². The van der Waals surface area contributed by atoms with E-state index in [1.54, 1.807) is 33.3 Å². The number of urea groups is 2. The number of para-hydroxylation sites is 4. The van der Waals surface area contributed by atoms with E-state index in [4.69, 9.17) is 4.74 Å². The molecule has 0 saturated heterocycles. The lowest BCUT2D eigenvalue weighted by molar-refractivity contribution is 0.258. The van der Waals surface area contributed by atoms with Crippen LogP contribution in [0.15, 0.2) is 165 Å². The lowest BCUT2D eigenvalue weighted by Gasteiger charge is -2.31. The molecule has 6 aromatic carbocycles. The molecule has 0 fully saturated rings. The van der Waals surface area contributed by atoms with Gasteiger partial charge in [-0.3, -0.25) is 9.80 Å². The molecule has 0 atom stereocenters. The van der Waals surface area contributed by atoms with Crippen molar-refractivity contribution in [2.24, 2.45) is 0 Å². The van der Waals surface area contributed by atoms with Crippen molar-refractivity contribution in [3.63, 3.8) is 0 Å². The maximum atomic E-state index is 13.5. The molecule has 2 heterocycles. The minimum Gasteiger partial charge on any atom is -0.457 e. The van der Waals surface area contributed by atoms with E-state index in [-0.39, 0.29) is 12.1 Å². The smallest absolute Gasteiger partial charge is 0.331 e. The standard InChI is InChI=1S/C38H26N4O3S2/c43-37(41-29-9-1-5-13-33(29)46-34-14-6-2-10-30(34)41)39-25-17-21-27(22-18-25)45-28-23-19-26(20-24-28)40-38(44)42-31-11-3-7-15-35(31)47-36-16-8-4-12-32(36)42/h1-24H,(H,39,43)(H,40,44). The summed E-state index contributed by atoms with van der Waals surface area (Å²) in [5.74, 6) is 1.23. The van der Waals surface area contributed by atoms with E-state index in [1.807, 2.05) is 146 Å². The van der Waals surface area contributed by atoms with E-state index in [0.717, 1.165) is 42.3 Å². The minimum atomic E-state index is -0.244. The number of ether oxygens (including phenoxy) is 1. The van der Waals surface area contributed by atoms with E-state index in [2.05, 4.69) is 10.6 Å². The molecule has 0 unspecified atom stereocenters. The summed E-state index contributed by atoms with van der Waals surface area (Å²) in [6.45, 7) is 0. The average Bonchev–Trinajstić information content (AvgIpc) is 3.11. The summed E-state index contributed by atoms with van der Waals surface area (Å²) in [4.78, 5) is 34.6. The summed E-state index contributed by atoms with van der Waals surface area (Å²) in [6, 6.07) is 45.6. The third-order valence-corrected chi connectivity index (χ3v) is 9.98. The van der Waals surface area contributed by atoms with Crippen molar-refractivity contribution < 1.29 is 14.3 Å². The van der Waals surface area contributed by atoms with Crippen LogP contribution in [-0.2, 0) is 0 Å². The van der Waals surface area contributed by atoms with Gasteiger partial charge in [-0.25, -0.2) is 9.59 Å². The van der Waals surface area contributed by atoms with Crippen LogP contribution in [0.3, 0.4) is 0 Å². The van der Waals surface area contributed by atoms with E-state index < -0.39 is 0 Å². The predicted molar refractivity (Wildman–Crippen MR) is 189 cm³/mol. The van der Waals surface area contributed by atoms with E-state index in [1.165, 1.54) is 0 Å². The fraction of sp³-hybridized carbons (Fsp3) is 0. The molecule has 2 aliphatic heterocycles. The second-order valence-corrected chi connectivity index (χ2v) is 12.9. The molecule has 9 heteroatoms. The van der Waals surface area contributed by atoms with Crippen LogP contribution < -0.4 is 25.2 Å². The average molecular weight is 651 g/mol. The van der Waals surface area contributed by atoms with Crippen LogP contribution in [0.25, 0.3) is 0 Å². The number of hydrogen-bond acceptors (Lipinski definition) is 5. The Balaban J connectivity index is 0.933. The molecule has 0 aromatic heterocycles. The molecule has 2 aliphatic rings. The topological polar surface area (TPSA) is 73.9 Å². The third kappa shape index (κ3) is 5.67. The van der Waals surface area contributed by atoms with Gasteiger partial charge < -0.3 is 15.4 Å². The Labute approximate surface area is 280 Å². The first-order valence-electron chi connectivity index (χ1n) is 14.9. The highest BCUT2D eigenvalue weighted by Crippen LogP contribution is 2.49. The van der Waals surface area contributed by atoms with E-state index in [9.17, 15) is 9.59 Å². The van der Waals surface area contributed by atoms with Crippen molar-refractivity contribution in [1.82, 2.24) is 0 Å². The summed E-state index contributed by atoms with van der Waals surface area (Å²) in [5, 5.41) is 6.05. The van der Waals surface area contributed by atoms with Gasteiger partial charge >= 0.3 is 12.1 Å². The van der Waals surface area contributed by atoms with Gasteiger partial charge in [-0.15, -0.1) is 0 Å². The van der Waals surface area contributed by atoms with Crippen molar-refractivity contribution >= 4 is 69.7 Å². The summed E-state index contributed by atoms with van der Waals surface area (Å²) in [5.41, 5.74) is 4.67. The highest BCUT2D eigenvalue weighted by atomic mass is 32.2. The van der Waals surface area contributed by atoms with Crippen molar-refractivity contribution in [2.45, 2.75) is 19.6 Å². The Morgan fingerprint density at radius 2 is 0.723 bits per heavy atom. The molecule has 6 aromatic rings. The number of rotatable bonds is 4. The highest BCUT2D eigenvalue weighted by molar-refractivity contribution is 8.00. The van der Waals surface area contributed by atoms with E-state index in [0.29, 0.717) is 22.9 Å². The molecule has 8 rings (SSSR count). The lowest BCUT2D eigenvalue weighted by atomic mass is 10.2. The Morgan fingerprint density at radius 1 is 0.426 bits per heavy atom. The Morgan fingerprint density at radius 3 is 1.04 bits per heavy atom. The van der Waals surface area contributed by atoms with Gasteiger partial charge in [0.05, 0.1) is 22.7 Å². The van der Waals surface area contributed by atoms with Crippen molar-refractivity contribution in [3.8, 4) is 11.5 Å². The summed E-state index contributed by atoms with van der Waals surface area (Å²) < 4.78 is 6.07. The zero-order chi connectivity index (χ0) is 31.7. The van der Waals surface area contributed by atoms with Gasteiger partial charge in [0.25, 0.3) is 0 Å². The van der Waals surface area contributed by atoms with Crippen LogP contribution in [0.5, 0.6) is 11.5 Å². The maximum absolute atomic E-state index is 13.5. The van der Waals surface area contributed by atoms with Crippen LogP contribution in [0.1, 0.15) is 0 Å². The first-order chi connectivity index (χ1) is 23.1. The molecular weight excluding hydrogens is 625 g/mol. The molecule has 4 amide bonds. The molecule has 0 spiro atoms. The normalized spacial score (nSPS) is 12.6. The summed E-state index contributed by atoms with van der Waals surface area (Å²) in [7, 11) is 0. The molecule has 228 valence electrons. The Hall–Kier alpha value is -5.64. The summed E-state index contributed by atoms with van der Waals surface area (Å²) in [6.07, 6.45) is 0. The SMILES string of the molecule is O=C(Nc1ccc(Oc2ccc(NC(=O)N3c4ccccc4Sc4ccccc43)cc2)cc1)N1c2ccccc2Sc2ccccc21. The van der Waals surface area contributed by atoms with Crippen LogP contribution in [0.4, 0.5) is 43.7 Å². The lowest BCUT2D eigenvalue weighted by Crippen LogP contribution is -2.32. The molecule has 0 bridgehead atoms. The van der Waals surface area contributed by atoms with Crippen LogP contribution in [-0.4, -0.2) is 12.1 Å². The second kappa shape index (κ2) is 12.3. The number of amides is 4. The molecule has 7 nitrogen and oxygen atoms in total. The molecular formula is C38H26N4O3S2. The first-order valence-corrected chi connectivity index (χ1v) is 16.6. The Bertz CT molecular complexity index is 1890. The van der Waals surface area contributed by atoms with Crippen LogP contribution >= 0.6 is 23.5 Å². The third-order valence-electron chi connectivity index (χ3n) is 7.72. The van der Waals surface area contributed by atoms with Crippen molar-refractivity contribution in [2.75, 3.05) is 20.4 Å². The zero-order valence-corrected chi connectivity index (χ0v) is 26.4. The fourth-order valence-electron chi connectivity index (χ4n) is 5.55. The van der Waals surface area contributed by atoms with Gasteiger partial charge in [0.1, 0.15) is 11.5 Å². The number of nitrogens with one attached hydrogen (secondary N) is 2. The maximum Gasteiger partial charge on any atom is 0.331 e. The monoisotopic (exact) mass is 650 g/mol. The Kier molecular flexibility index (Phi) is 7.53. The quantitative estimate of drug-likeness (QED) is 0.199. The number of benzene rings is 6. The number of carbonyl (C=O) groups is 2. The van der Waals surface area contributed by atoms with Gasteiger partial charge in [-0.2, -0.15) is 0 Å². The second-order valence-electron chi connectivity index (χ2n) is 10.8. The minimum absolute atomic E-state index is 0.244. The number of anilines is 6. The number of fused-ring (bicyclic) bond motifs is 4. The van der Waals surface area contributed by atoms with Gasteiger partial charge in [0.15, 0.2) is 0 Å². The van der Waals surface area contributed by atoms with Gasteiger partial charge in [0, 0.05) is 31.0 Å². The molecule has 2 N–H and O–H groups in total. The predicted octanol–water partition coefficient (Wildman–Crippen LogP) is 11.1. The number of carbonyl (C=O) groups excluding carboxylic acids is 2. The summed E-state index contributed by atoms with van der Waals surface area (Å²) >= 11 is 3.31. The molecule has 0 saturated carbocycles. The van der Waals surface area contributed by atoms with Crippen molar-refractivity contribution in [3.05, 3.63) is 146 Å². The van der Waals surface area contributed by atoms with Gasteiger partial charge in [-0.05, 0) is 97.1 Å². The van der Waals surface area contributed by atoms with Gasteiger partial charge in [0.2, 0.25) is 0 Å². The molecule has 47 heavy (non-hydrogen) atoms. The van der Waals surface area contributed by atoms with Crippen LogP contribution in [0, 0.1) is 0 Å². The number of hydrogen-bond donors (Lipinski definition) is 2. The van der Waals surface area contributed by atoms with E-state index >= 15 is 0 Å². The number of nitrogens with zero attached hydrogens (tertiary/aromatic N) is 2. The highest BCUT2D eigenvalue weighted by Gasteiger charge is 2.29.